The number of nitrogens with zero attached hydrogens (tertiary/aromatic N) is 4. The summed E-state index contributed by atoms with van der Waals surface area (Å²) in [6, 6.07) is 7.60. The van der Waals surface area contributed by atoms with Crippen LogP contribution in [-0.2, 0) is 9.53 Å². The molecule has 1 saturated heterocycles. The number of nitrogens with one attached hydrogen (secondary N) is 1. The number of fused-ring (bicyclic) bond motifs is 1. The minimum Gasteiger partial charge on any atom is -0.497 e. The molecule has 4 rings (SSSR count). The zero-order chi connectivity index (χ0) is 18.1. The fourth-order valence-electron chi connectivity index (χ4n) is 3.17. The van der Waals surface area contributed by atoms with E-state index in [0.29, 0.717) is 31.5 Å². The van der Waals surface area contributed by atoms with Gasteiger partial charge in [0.1, 0.15) is 16.8 Å². The van der Waals surface area contributed by atoms with Crippen molar-refractivity contribution < 1.29 is 14.3 Å². The summed E-state index contributed by atoms with van der Waals surface area (Å²) in [5.41, 5.74) is 4.44. The van der Waals surface area contributed by atoms with Crippen LogP contribution in [0.3, 0.4) is 0 Å². The van der Waals surface area contributed by atoms with E-state index in [0.717, 1.165) is 17.1 Å². The first-order valence-electron chi connectivity index (χ1n) is 8.53. The Morgan fingerprint density at radius 3 is 2.69 bits per heavy atom. The summed E-state index contributed by atoms with van der Waals surface area (Å²) in [6.07, 6.45) is 0. The molecular weight excluding hydrogens is 354 g/mol. The third-order valence-corrected chi connectivity index (χ3v) is 5.84. The molecule has 2 aliphatic heterocycles. The number of ether oxygens (including phenoxy) is 2. The van der Waals surface area contributed by atoms with Gasteiger partial charge in [-0.2, -0.15) is 0 Å². The van der Waals surface area contributed by atoms with Crippen LogP contribution in [0.2, 0.25) is 0 Å². The van der Waals surface area contributed by atoms with Gasteiger partial charge in [0.15, 0.2) is 0 Å². The summed E-state index contributed by atoms with van der Waals surface area (Å²) < 4.78 is 12.5. The zero-order valence-electron chi connectivity index (χ0n) is 14.7. The molecule has 3 heterocycles. The Labute approximate surface area is 155 Å². The van der Waals surface area contributed by atoms with E-state index in [1.54, 1.807) is 7.11 Å². The van der Waals surface area contributed by atoms with Crippen LogP contribution in [0.5, 0.6) is 5.75 Å². The van der Waals surface area contributed by atoms with Gasteiger partial charge in [-0.1, -0.05) is 23.9 Å². The van der Waals surface area contributed by atoms with Crippen LogP contribution in [-0.4, -0.2) is 64.3 Å². The molecule has 1 N–H and O–H groups in total. The molecule has 1 fully saturated rings. The number of morpholine rings is 1. The normalized spacial score (nSPS) is 22.5. The van der Waals surface area contributed by atoms with E-state index in [1.807, 2.05) is 40.8 Å². The molecule has 0 bridgehead atoms. The van der Waals surface area contributed by atoms with Gasteiger partial charge < -0.3 is 19.8 Å². The van der Waals surface area contributed by atoms with E-state index in [-0.39, 0.29) is 17.2 Å². The lowest BCUT2D eigenvalue weighted by atomic mass is 10.0. The van der Waals surface area contributed by atoms with Gasteiger partial charge in [0, 0.05) is 13.1 Å². The Bertz CT molecular complexity index is 788. The Morgan fingerprint density at radius 1 is 1.27 bits per heavy atom. The van der Waals surface area contributed by atoms with Crippen LogP contribution in [0.15, 0.2) is 29.4 Å². The van der Waals surface area contributed by atoms with Crippen molar-refractivity contribution in [2.75, 3.05) is 38.8 Å². The van der Waals surface area contributed by atoms with Crippen molar-refractivity contribution in [1.82, 2.24) is 19.8 Å². The Hall–Kier alpha value is -2.26. The topological polar surface area (TPSA) is 81.5 Å². The summed E-state index contributed by atoms with van der Waals surface area (Å²) >= 11 is 1.46. The third-order valence-electron chi connectivity index (χ3n) is 4.64. The molecule has 1 aromatic carbocycles. The van der Waals surface area contributed by atoms with Gasteiger partial charge in [-0.05, 0) is 24.6 Å². The lowest BCUT2D eigenvalue weighted by Crippen LogP contribution is -2.49. The van der Waals surface area contributed by atoms with Crippen molar-refractivity contribution in [1.29, 1.82) is 0 Å². The van der Waals surface area contributed by atoms with Crippen molar-refractivity contribution in [3.63, 3.8) is 0 Å². The quantitative estimate of drug-likeness (QED) is 0.864. The summed E-state index contributed by atoms with van der Waals surface area (Å²) in [6.45, 7) is 4.30. The summed E-state index contributed by atoms with van der Waals surface area (Å²) in [5, 5.41) is 8.70. The smallest absolute Gasteiger partial charge is 0.238 e. The number of benzene rings is 1. The number of hydrogen-bond donors (Lipinski definition) is 1. The fraction of sp³-hybridized carbons (Fsp3) is 0.471. The highest BCUT2D eigenvalue weighted by Gasteiger charge is 2.39. The highest BCUT2D eigenvalue weighted by molar-refractivity contribution is 8.00. The van der Waals surface area contributed by atoms with Crippen LogP contribution in [0.1, 0.15) is 17.4 Å². The number of aryl methyl sites for hydroxylation is 1. The van der Waals surface area contributed by atoms with Gasteiger partial charge in [-0.3, -0.25) is 4.79 Å². The summed E-state index contributed by atoms with van der Waals surface area (Å²) in [4.78, 5) is 15.1. The molecule has 2 aliphatic rings. The third kappa shape index (κ3) is 3.12. The average molecular weight is 375 g/mol. The second-order valence-corrected chi connectivity index (χ2v) is 7.33. The molecule has 9 heteroatoms. The predicted molar refractivity (Wildman–Crippen MR) is 96.9 cm³/mol. The molecule has 0 radical (unpaired) electrons. The molecule has 138 valence electrons. The van der Waals surface area contributed by atoms with E-state index >= 15 is 0 Å². The van der Waals surface area contributed by atoms with Crippen molar-refractivity contribution >= 4 is 17.7 Å². The van der Waals surface area contributed by atoms with Gasteiger partial charge in [-0.25, -0.2) is 4.68 Å². The van der Waals surface area contributed by atoms with E-state index in [4.69, 9.17) is 9.47 Å². The Balaban J connectivity index is 1.66. The van der Waals surface area contributed by atoms with Gasteiger partial charge >= 0.3 is 0 Å². The molecule has 0 saturated carbocycles. The number of hydrogen-bond acceptors (Lipinski definition) is 7. The van der Waals surface area contributed by atoms with Crippen molar-refractivity contribution in [3.05, 3.63) is 35.7 Å². The standard InChI is InChI=1S/C17H21N5O3S/c1-11-18-19-17-22(11)20-14(12-3-5-13(24-2)6-4-12)15(26-17)16(23)21-7-9-25-10-8-21/h3-6,14-15,20H,7-10H2,1-2H3/t14-,15-/m1/s1. The highest BCUT2D eigenvalue weighted by Crippen LogP contribution is 2.38. The molecule has 1 amide bonds. The second-order valence-electron chi connectivity index (χ2n) is 6.22. The van der Waals surface area contributed by atoms with Crippen molar-refractivity contribution in [2.24, 2.45) is 0 Å². The summed E-state index contributed by atoms with van der Waals surface area (Å²) in [7, 11) is 1.64. The van der Waals surface area contributed by atoms with Gasteiger partial charge in [0.2, 0.25) is 11.1 Å². The molecule has 1 aromatic heterocycles. The highest BCUT2D eigenvalue weighted by atomic mass is 32.2. The van der Waals surface area contributed by atoms with Crippen molar-refractivity contribution in [3.8, 4) is 5.75 Å². The van der Waals surface area contributed by atoms with E-state index in [2.05, 4.69) is 15.6 Å². The largest absolute Gasteiger partial charge is 0.497 e. The monoisotopic (exact) mass is 375 g/mol. The molecule has 0 spiro atoms. The molecular formula is C17H21N5O3S. The van der Waals surface area contributed by atoms with Crippen LogP contribution >= 0.6 is 11.8 Å². The number of amides is 1. The maximum absolute atomic E-state index is 13.2. The van der Waals surface area contributed by atoms with E-state index in [1.165, 1.54) is 11.8 Å². The average Bonchev–Trinajstić information content (AvgIpc) is 3.07. The van der Waals surface area contributed by atoms with E-state index in [9.17, 15) is 4.79 Å². The number of methoxy groups -OCH3 is 1. The maximum Gasteiger partial charge on any atom is 0.238 e. The minimum absolute atomic E-state index is 0.0959. The number of carbonyl (C=O) groups excluding carboxylic acids is 1. The second kappa shape index (κ2) is 7.16. The summed E-state index contributed by atoms with van der Waals surface area (Å²) in [5.74, 6) is 1.65. The van der Waals surface area contributed by atoms with Gasteiger partial charge in [-0.15, -0.1) is 10.2 Å². The first kappa shape index (κ1) is 17.2. The van der Waals surface area contributed by atoms with Crippen LogP contribution in [0.4, 0.5) is 0 Å². The maximum atomic E-state index is 13.2. The van der Waals surface area contributed by atoms with Crippen LogP contribution in [0.25, 0.3) is 0 Å². The predicted octanol–water partition coefficient (Wildman–Crippen LogP) is 1.21. The molecule has 0 aliphatic carbocycles. The Morgan fingerprint density at radius 2 is 2.00 bits per heavy atom. The number of carbonyl (C=O) groups is 1. The minimum atomic E-state index is -0.322. The molecule has 26 heavy (non-hydrogen) atoms. The lowest BCUT2D eigenvalue weighted by molar-refractivity contribution is -0.135. The van der Waals surface area contributed by atoms with Gasteiger partial charge in [0.05, 0.1) is 26.4 Å². The van der Waals surface area contributed by atoms with E-state index < -0.39 is 0 Å². The number of rotatable bonds is 3. The number of thioether (sulfide) groups is 1. The molecule has 0 unspecified atom stereocenters. The molecule has 8 nitrogen and oxygen atoms in total. The fourth-order valence-corrected chi connectivity index (χ4v) is 4.38. The first-order chi connectivity index (χ1) is 12.7. The van der Waals surface area contributed by atoms with Crippen molar-refractivity contribution in [2.45, 2.75) is 23.4 Å². The van der Waals surface area contributed by atoms with Gasteiger partial charge in [0.25, 0.3) is 0 Å². The lowest BCUT2D eigenvalue weighted by Gasteiger charge is -2.37. The SMILES string of the molecule is COc1ccc([C@H]2Nn3c(C)nnc3S[C@H]2C(=O)N2CCOCC2)cc1. The number of aromatic nitrogens is 3. The van der Waals surface area contributed by atoms with Crippen LogP contribution < -0.4 is 10.2 Å². The molecule has 2 atom stereocenters. The Kier molecular flexibility index (Phi) is 4.73. The van der Waals surface area contributed by atoms with Crippen LogP contribution in [0, 0.1) is 6.92 Å². The zero-order valence-corrected chi connectivity index (χ0v) is 15.5. The first-order valence-corrected chi connectivity index (χ1v) is 9.41. The molecule has 2 aromatic rings.